The van der Waals surface area contributed by atoms with Gasteiger partial charge in [0, 0.05) is 11.1 Å². The number of carbonyl (C=O) groups excluding carboxylic acids is 2. The second-order valence-electron chi connectivity index (χ2n) is 6.72. The second-order valence-corrected chi connectivity index (χ2v) is 6.72. The molecular formula is C24H24O9. The van der Waals surface area contributed by atoms with E-state index in [1.54, 1.807) is 26.0 Å². The Labute approximate surface area is 190 Å². The quantitative estimate of drug-likeness (QED) is 0.475. The molecular weight excluding hydrogens is 432 g/mol. The van der Waals surface area contributed by atoms with Gasteiger partial charge in [0.25, 0.3) is 0 Å². The Morgan fingerprint density at radius 2 is 1.15 bits per heavy atom. The number of furan rings is 1. The van der Waals surface area contributed by atoms with Gasteiger partial charge in [-0.15, -0.1) is 0 Å². The molecule has 0 unspecified atom stereocenters. The fraction of sp³-hybridized carbons (Fsp3) is 0.250. The summed E-state index contributed by atoms with van der Waals surface area (Å²) in [7, 11) is 2.80. The largest absolute Gasteiger partial charge is 0.504 e. The Bertz CT molecular complexity index is 1090. The maximum absolute atomic E-state index is 12.9. The van der Waals surface area contributed by atoms with Gasteiger partial charge in [0.1, 0.15) is 22.6 Å². The topological polar surface area (TPSA) is 125 Å². The Balaban J connectivity index is 2.34. The molecule has 0 spiro atoms. The van der Waals surface area contributed by atoms with E-state index in [9.17, 15) is 19.8 Å². The molecule has 0 atom stereocenters. The van der Waals surface area contributed by atoms with Crippen molar-refractivity contribution < 1.29 is 43.2 Å². The van der Waals surface area contributed by atoms with Crippen LogP contribution in [0.5, 0.6) is 23.0 Å². The Morgan fingerprint density at radius 1 is 0.758 bits per heavy atom. The van der Waals surface area contributed by atoms with E-state index in [1.165, 1.54) is 38.5 Å². The van der Waals surface area contributed by atoms with Gasteiger partial charge in [-0.25, -0.2) is 9.59 Å². The monoisotopic (exact) mass is 456 g/mol. The second kappa shape index (κ2) is 9.99. The molecule has 3 aromatic rings. The van der Waals surface area contributed by atoms with Crippen LogP contribution in [0, 0.1) is 0 Å². The first-order chi connectivity index (χ1) is 15.9. The minimum Gasteiger partial charge on any atom is -0.504 e. The number of carbonyl (C=O) groups is 2. The lowest BCUT2D eigenvalue weighted by atomic mass is 10.0. The van der Waals surface area contributed by atoms with Crippen LogP contribution < -0.4 is 9.47 Å². The Morgan fingerprint density at radius 3 is 1.45 bits per heavy atom. The molecule has 1 aromatic heterocycles. The lowest BCUT2D eigenvalue weighted by Gasteiger charge is -2.08. The molecule has 3 rings (SSSR count). The van der Waals surface area contributed by atoms with Gasteiger partial charge in [-0.2, -0.15) is 0 Å². The first-order valence-corrected chi connectivity index (χ1v) is 10.1. The van der Waals surface area contributed by atoms with Crippen LogP contribution >= 0.6 is 0 Å². The number of methoxy groups -OCH3 is 2. The highest BCUT2D eigenvalue weighted by molar-refractivity contribution is 6.11. The summed E-state index contributed by atoms with van der Waals surface area (Å²) in [6, 6.07) is 8.78. The van der Waals surface area contributed by atoms with Gasteiger partial charge in [-0.1, -0.05) is 0 Å². The average molecular weight is 456 g/mol. The third-order valence-electron chi connectivity index (χ3n) is 4.75. The van der Waals surface area contributed by atoms with Crippen molar-refractivity contribution in [2.75, 3.05) is 27.4 Å². The van der Waals surface area contributed by atoms with Crippen LogP contribution in [0.4, 0.5) is 0 Å². The molecule has 0 fully saturated rings. The summed E-state index contributed by atoms with van der Waals surface area (Å²) in [4.78, 5) is 25.9. The van der Waals surface area contributed by atoms with Gasteiger partial charge in [-0.3, -0.25) is 0 Å². The van der Waals surface area contributed by atoms with E-state index < -0.39 is 11.9 Å². The summed E-state index contributed by atoms with van der Waals surface area (Å²) >= 11 is 0. The minimum absolute atomic E-state index is 0.0141. The first-order valence-electron chi connectivity index (χ1n) is 10.1. The summed E-state index contributed by atoms with van der Waals surface area (Å²) in [5, 5.41) is 20.5. The number of benzene rings is 2. The van der Waals surface area contributed by atoms with Crippen molar-refractivity contribution in [1.29, 1.82) is 0 Å². The van der Waals surface area contributed by atoms with E-state index >= 15 is 0 Å². The number of aromatic hydroxyl groups is 2. The van der Waals surface area contributed by atoms with Crippen LogP contribution in [0.1, 0.15) is 34.6 Å². The zero-order valence-electron chi connectivity index (χ0n) is 18.6. The molecule has 2 N–H and O–H groups in total. The van der Waals surface area contributed by atoms with Crippen molar-refractivity contribution >= 4 is 11.9 Å². The van der Waals surface area contributed by atoms with Crippen molar-refractivity contribution in [2.45, 2.75) is 13.8 Å². The van der Waals surface area contributed by atoms with Crippen molar-refractivity contribution in [3.63, 3.8) is 0 Å². The molecule has 0 saturated carbocycles. The summed E-state index contributed by atoms with van der Waals surface area (Å²) in [6.45, 7) is 3.36. The predicted octanol–water partition coefficient (Wildman–Crippen LogP) is 4.40. The first kappa shape index (κ1) is 23.5. The molecule has 174 valence electrons. The number of hydrogen-bond donors (Lipinski definition) is 2. The van der Waals surface area contributed by atoms with E-state index in [4.69, 9.17) is 23.4 Å². The maximum atomic E-state index is 12.9. The van der Waals surface area contributed by atoms with E-state index in [0.717, 1.165) is 0 Å². The summed E-state index contributed by atoms with van der Waals surface area (Å²) in [5.74, 6) is -1.59. The van der Waals surface area contributed by atoms with Crippen LogP contribution in [0.2, 0.25) is 0 Å². The summed E-state index contributed by atoms with van der Waals surface area (Å²) < 4.78 is 26.5. The molecule has 0 amide bonds. The molecule has 9 heteroatoms. The Hall–Kier alpha value is -4.14. The number of rotatable bonds is 8. The third-order valence-corrected chi connectivity index (χ3v) is 4.75. The molecule has 9 nitrogen and oxygen atoms in total. The zero-order valence-corrected chi connectivity index (χ0v) is 18.6. The number of esters is 2. The highest BCUT2D eigenvalue weighted by Crippen LogP contribution is 2.42. The number of phenols is 2. The highest BCUT2D eigenvalue weighted by atomic mass is 16.5. The third kappa shape index (κ3) is 4.57. The van der Waals surface area contributed by atoms with Crippen molar-refractivity contribution in [2.24, 2.45) is 0 Å². The lowest BCUT2D eigenvalue weighted by molar-refractivity contribution is 0.0481. The van der Waals surface area contributed by atoms with Crippen LogP contribution in [0.15, 0.2) is 40.8 Å². The van der Waals surface area contributed by atoms with Crippen LogP contribution in [-0.2, 0) is 9.47 Å². The lowest BCUT2D eigenvalue weighted by Crippen LogP contribution is -2.13. The van der Waals surface area contributed by atoms with Crippen molar-refractivity contribution in [1.82, 2.24) is 0 Å². The molecule has 0 aliphatic carbocycles. The van der Waals surface area contributed by atoms with E-state index in [2.05, 4.69) is 0 Å². The zero-order chi connectivity index (χ0) is 24.1. The van der Waals surface area contributed by atoms with Gasteiger partial charge in [0.15, 0.2) is 23.0 Å². The summed E-state index contributed by atoms with van der Waals surface area (Å²) in [5.41, 5.74) is 0.270. The molecule has 0 bridgehead atoms. The van der Waals surface area contributed by atoms with Crippen LogP contribution in [0.3, 0.4) is 0 Å². The molecule has 0 saturated heterocycles. The number of hydrogen-bond acceptors (Lipinski definition) is 9. The summed E-state index contributed by atoms with van der Waals surface area (Å²) in [6.07, 6.45) is 0. The average Bonchev–Trinajstić information content (AvgIpc) is 3.20. The van der Waals surface area contributed by atoms with Crippen LogP contribution in [0.25, 0.3) is 22.6 Å². The fourth-order valence-electron chi connectivity index (χ4n) is 3.30. The predicted molar refractivity (Wildman–Crippen MR) is 118 cm³/mol. The maximum Gasteiger partial charge on any atom is 0.342 e. The molecule has 0 aliphatic heterocycles. The van der Waals surface area contributed by atoms with Gasteiger partial charge < -0.3 is 33.6 Å². The number of ether oxygens (including phenoxy) is 4. The fourth-order valence-corrected chi connectivity index (χ4v) is 3.30. The molecule has 2 aromatic carbocycles. The van der Waals surface area contributed by atoms with Gasteiger partial charge >= 0.3 is 11.9 Å². The highest BCUT2D eigenvalue weighted by Gasteiger charge is 2.34. The smallest absolute Gasteiger partial charge is 0.342 e. The molecule has 0 radical (unpaired) electrons. The molecule has 33 heavy (non-hydrogen) atoms. The molecule has 1 heterocycles. The Kier molecular flexibility index (Phi) is 7.12. The van der Waals surface area contributed by atoms with Gasteiger partial charge in [0.2, 0.25) is 0 Å². The van der Waals surface area contributed by atoms with Crippen LogP contribution in [-0.4, -0.2) is 49.6 Å². The number of phenolic OH excluding ortho intramolecular Hbond substituents is 2. The normalized spacial score (nSPS) is 10.5. The standard InChI is InChI=1S/C24H24O9/c1-5-31-23(27)19-20(24(28)32-6-2)22(14-8-10-18(30-4)16(26)12-14)33-21(19)13-7-9-17(29-3)15(25)11-13/h7-12,25-26H,5-6H2,1-4H3. The van der Waals surface area contributed by atoms with E-state index in [-0.39, 0.29) is 58.9 Å². The van der Waals surface area contributed by atoms with Crippen molar-refractivity contribution in [3.05, 3.63) is 47.5 Å². The van der Waals surface area contributed by atoms with E-state index in [1.807, 2.05) is 0 Å². The SMILES string of the molecule is CCOC(=O)c1c(-c2ccc(OC)c(O)c2)oc(-c2ccc(OC)c(O)c2)c1C(=O)OCC. The van der Waals surface area contributed by atoms with Gasteiger partial charge in [-0.05, 0) is 50.2 Å². The van der Waals surface area contributed by atoms with Crippen molar-refractivity contribution in [3.8, 4) is 45.6 Å². The molecule has 0 aliphatic rings. The minimum atomic E-state index is -0.807. The van der Waals surface area contributed by atoms with Gasteiger partial charge in [0.05, 0.1) is 27.4 Å². The van der Waals surface area contributed by atoms with E-state index in [0.29, 0.717) is 11.1 Å².